The van der Waals surface area contributed by atoms with E-state index >= 15 is 0 Å². The van der Waals surface area contributed by atoms with Gasteiger partial charge in [-0.2, -0.15) is 0 Å². The van der Waals surface area contributed by atoms with Gasteiger partial charge < -0.3 is 10.5 Å². The first kappa shape index (κ1) is 11.0. The Balaban J connectivity index is 2.22. The molecule has 1 rings (SSSR count). The molecular weight excluding hydrogens is 162 g/mol. The summed E-state index contributed by atoms with van der Waals surface area (Å²) in [4.78, 5) is 0. The molecule has 2 heteroatoms. The van der Waals surface area contributed by atoms with Crippen LogP contribution >= 0.6 is 0 Å². The third kappa shape index (κ3) is 3.28. The highest BCUT2D eigenvalue weighted by Crippen LogP contribution is 2.24. The molecule has 2 nitrogen and oxygen atoms in total. The van der Waals surface area contributed by atoms with Crippen molar-refractivity contribution in [3.63, 3.8) is 0 Å². The summed E-state index contributed by atoms with van der Waals surface area (Å²) in [5, 5.41) is 0. The Hall–Kier alpha value is -0.0800. The van der Waals surface area contributed by atoms with Crippen LogP contribution in [0.15, 0.2) is 0 Å². The van der Waals surface area contributed by atoms with Crippen molar-refractivity contribution < 1.29 is 4.74 Å². The quantitative estimate of drug-likeness (QED) is 0.714. The fourth-order valence-electron chi connectivity index (χ4n) is 1.92. The van der Waals surface area contributed by atoms with Gasteiger partial charge in [-0.05, 0) is 38.5 Å². The predicted octanol–water partition coefficient (Wildman–Crippen LogP) is 2.46. The molecule has 1 aliphatic rings. The van der Waals surface area contributed by atoms with E-state index in [-0.39, 0.29) is 5.54 Å². The van der Waals surface area contributed by atoms with E-state index in [2.05, 4.69) is 13.8 Å². The largest absolute Gasteiger partial charge is 0.378 e. The normalized spacial score (nSPS) is 23.8. The van der Waals surface area contributed by atoms with Gasteiger partial charge in [-0.1, -0.05) is 13.8 Å². The van der Waals surface area contributed by atoms with E-state index in [1.54, 1.807) is 0 Å². The van der Waals surface area contributed by atoms with E-state index in [0.717, 1.165) is 32.3 Å². The maximum atomic E-state index is 6.22. The standard InChI is InChI=1S/C11H23NO/c1-3-11(12,4-2)8-7-10-6-5-9-13-10/h10H,3-9,12H2,1-2H3. The summed E-state index contributed by atoms with van der Waals surface area (Å²) in [5.41, 5.74) is 6.28. The number of ether oxygens (including phenoxy) is 1. The van der Waals surface area contributed by atoms with Gasteiger partial charge in [0, 0.05) is 12.1 Å². The van der Waals surface area contributed by atoms with Gasteiger partial charge in [0.2, 0.25) is 0 Å². The second kappa shape index (κ2) is 4.97. The third-order valence-electron chi connectivity index (χ3n) is 3.40. The van der Waals surface area contributed by atoms with Gasteiger partial charge >= 0.3 is 0 Å². The second-order valence-electron chi connectivity index (χ2n) is 4.24. The molecule has 78 valence electrons. The van der Waals surface area contributed by atoms with E-state index in [1.165, 1.54) is 12.8 Å². The van der Waals surface area contributed by atoms with Crippen molar-refractivity contribution in [1.29, 1.82) is 0 Å². The summed E-state index contributed by atoms with van der Waals surface area (Å²) in [6.07, 6.45) is 7.40. The lowest BCUT2D eigenvalue weighted by Gasteiger charge is -2.27. The Morgan fingerprint density at radius 2 is 2.08 bits per heavy atom. The number of hydrogen-bond donors (Lipinski definition) is 1. The van der Waals surface area contributed by atoms with E-state index in [4.69, 9.17) is 10.5 Å². The van der Waals surface area contributed by atoms with Crippen molar-refractivity contribution >= 4 is 0 Å². The molecule has 0 aromatic carbocycles. The van der Waals surface area contributed by atoms with E-state index in [1.807, 2.05) is 0 Å². The molecule has 0 bridgehead atoms. The summed E-state index contributed by atoms with van der Waals surface area (Å²) in [6.45, 7) is 5.32. The maximum Gasteiger partial charge on any atom is 0.0576 e. The number of hydrogen-bond acceptors (Lipinski definition) is 2. The molecule has 2 N–H and O–H groups in total. The lowest BCUT2D eigenvalue weighted by atomic mass is 9.87. The van der Waals surface area contributed by atoms with Crippen LogP contribution in [-0.4, -0.2) is 18.2 Å². The molecule has 0 radical (unpaired) electrons. The molecule has 0 amide bonds. The highest BCUT2D eigenvalue weighted by atomic mass is 16.5. The van der Waals surface area contributed by atoms with Gasteiger partial charge in [0.05, 0.1) is 6.10 Å². The lowest BCUT2D eigenvalue weighted by Crippen LogP contribution is -2.38. The van der Waals surface area contributed by atoms with Crippen LogP contribution in [0.1, 0.15) is 52.4 Å². The Morgan fingerprint density at radius 3 is 2.54 bits per heavy atom. The molecule has 0 aliphatic carbocycles. The fraction of sp³-hybridized carbons (Fsp3) is 1.00. The summed E-state index contributed by atoms with van der Waals surface area (Å²) in [5.74, 6) is 0. The Bertz CT molecular complexity index is 137. The molecule has 13 heavy (non-hydrogen) atoms. The minimum atomic E-state index is 0.0615. The van der Waals surface area contributed by atoms with Gasteiger partial charge in [-0.3, -0.25) is 0 Å². The molecule has 0 aromatic rings. The predicted molar refractivity (Wildman–Crippen MR) is 55.7 cm³/mol. The van der Waals surface area contributed by atoms with Crippen LogP contribution in [0.4, 0.5) is 0 Å². The van der Waals surface area contributed by atoms with Crippen molar-refractivity contribution in [2.24, 2.45) is 5.73 Å². The first-order chi connectivity index (χ1) is 6.20. The average Bonchev–Trinajstić information content (AvgIpc) is 2.67. The minimum Gasteiger partial charge on any atom is -0.378 e. The molecule has 0 spiro atoms. The van der Waals surface area contributed by atoms with Crippen molar-refractivity contribution in [3.8, 4) is 0 Å². The molecule has 1 unspecified atom stereocenters. The Kier molecular flexibility index (Phi) is 4.20. The Labute approximate surface area is 81.8 Å². The van der Waals surface area contributed by atoms with Crippen LogP contribution in [0.3, 0.4) is 0 Å². The second-order valence-corrected chi connectivity index (χ2v) is 4.24. The van der Waals surface area contributed by atoms with Crippen molar-refractivity contribution in [2.45, 2.75) is 64.0 Å². The molecule has 1 saturated heterocycles. The third-order valence-corrected chi connectivity index (χ3v) is 3.40. The SMILES string of the molecule is CCC(N)(CC)CCC1CCCO1. The minimum absolute atomic E-state index is 0.0615. The van der Waals surface area contributed by atoms with Crippen LogP contribution in [0.2, 0.25) is 0 Å². The van der Waals surface area contributed by atoms with Crippen LogP contribution in [-0.2, 0) is 4.74 Å². The first-order valence-corrected chi connectivity index (χ1v) is 5.60. The smallest absolute Gasteiger partial charge is 0.0576 e. The molecule has 1 aliphatic heterocycles. The van der Waals surface area contributed by atoms with Crippen molar-refractivity contribution in [2.75, 3.05) is 6.61 Å². The highest BCUT2D eigenvalue weighted by Gasteiger charge is 2.23. The highest BCUT2D eigenvalue weighted by molar-refractivity contribution is 4.82. The van der Waals surface area contributed by atoms with Gasteiger partial charge in [-0.15, -0.1) is 0 Å². The molecule has 1 atom stereocenters. The van der Waals surface area contributed by atoms with E-state index in [0.29, 0.717) is 6.10 Å². The topological polar surface area (TPSA) is 35.2 Å². The summed E-state index contributed by atoms with van der Waals surface area (Å²) < 4.78 is 5.58. The lowest BCUT2D eigenvalue weighted by molar-refractivity contribution is 0.0951. The summed E-state index contributed by atoms with van der Waals surface area (Å²) >= 11 is 0. The molecule has 1 heterocycles. The number of rotatable bonds is 5. The summed E-state index contributed by atoms with van der Waals surface area (Å²) in [7, 11) is 0. The van der Waals surface area contributed by atoms with Gasteiger partial charge in [0.15, 0.2) is 0 Å². The van der Waals surface area contributed by atoms with Crippen molar-refractivity contribution in [3.05, 3.63) is 0 Å². The monoisotopic (exact) mass is 185 g/mol. The fourth-order valence-corrected chi connectivity index (χ4v) is 1.92. The van der Waals surface area contributed by atoms with Crippen LogP contribution in [0.25, 0.3) is 0 Å². The van der Waals surface area contributed by atoms with E-state index in [9.17, 15) is 0 Å². The summed E-state index contributed by atoms with van der Waals surface area (Å²) in [6, 6.07) is 0. The molecule has 1 fully saturated rings. The van der Waals surface area contributed by atoms with Gasteiger partial charge in [0.1, 0.15) is 0 Å². The van der Waals surface area contributed by atoms with E-state index < -0.39 is 0 Å². The first-order valence-electron chi connectivity index (χ1n) is 5.60. The van der Waals surface area contributed by atoms with Gasteiger partial charge in [-0.25, -0.2) is 0 Å². The molecular formula is C11H23NO. The molecule has 0 aromatic heterocycles. The average molecular weight is 185 g/mol. The number of nitrogens with two attached hydrogens (primary N) is 1. The Morgan fingerprint density at radius 1 is 1.38 bits per heavy atom. The van der Waals surface area contributed by atoms with Gasteiger partial charge in [0.25, 0.3) is 0 Å². The van der Waals surface area contributed by atoms with Crippen molar-refractivity contribution in [1.82, 2.24) is 0 Å². The zero-order chi connectivity index (χ0) is 9.73. The van der Waals surface area contributed by atoms with Crippen LogP contribution in [0.5, 0.6) is 0 Å². The molecule has 0 saturated carbocycles. The van der Waals surface area contributed by atoms with Crippen LogP contribution in [0, 0.1) is 0 Å². The van der Waals surface area contributed by atoms with Crippen LogP contribution < -0.4 is 5.73 Å². The zero-order valence-corrected chi connectivity index (χ0v) is 9.01. The maximum absolute atomic E-state index is 6.22. The zero-order valence-electron chi connectivity index (χ0n) is 9.01.